The molecule has 1 N–H and O–H groups in total. The minimum atomic E-state index is -4.14. The summed E-state index contributed by atoms with van der Waals surface area (Å²) in [4.78, 5) is 4.29. The zero-order chi connectivity index (χ0) is 14.9. The Bertz CT molecular complexity index is 619. The molecule has 0 aliphatic heterocycles. The Morgan fingerprint density at radius 2 is 1.81 bits per heavy atom. The van der Waals surface area contributed by atoms with Crippen LogP contribution in [0.15, 0.2) is 36.5 Å². The van der Waals surface area contributed by atoms with Gasteiger partial charge in [-0.25, -0.2) is 0 Å². The molecule has 5 heteroatoms. The summed E-state index contributed by atoms with van der Waals surface area (Å²) in [6.07, 6.45) is -0.239. The molecule has 1 aromatic carbocycles. The van der Waals surface area contributed by atoms with E-state index in [9.17, 15) is 13.2 Å². The maximum absolute atomic E-state index is 13.2. The van der Waals surface area contributed by atoms with Crippen molar-refractivity contribution >= 4 is 16.6 Å². The van der Waals surface area contributed by atoms with E-state index in [0.717, 1.165) is 17.3 Å². The third-order valence-electron chi connectivity index (χ3n) is 4.16. The molecule has 0 saturated heterocycles. The Hall–Kier alpha value is -1.78. The Labute approximate surface area is 121 Å². The van der Waals surface area contributed by atoms with Crippen LogP contribution in [-0.2, 0) is 0 Å². The van der Waals surface area contributed by atoms with E-state index < -0.39 is 18.1 Å². The number of aromatic nitrogens is 1. The zero-order valence-corrected chi connectivity index (χ0v) is 11.5. The lowest BCUT2D eigenvalue weighted by molar-refractivity contribution is -0.184. The molecule has 2 nitrogen and oxygen atoms in total. The van der Waals surface area contributed by atoms with Gasteiger partial charge in [0.15, 0.2) is 0 Å². The van der Waals surface area contributed by atoms with E-state index >= 15 is 0 Å². The number of nitrogens with one attached hydrogen (secondary N) is 1. The van der Waals surface area contributed by atoms with Gasteiger partial charge in [0, 0.05) is 17.6 Å². The first-order chi connectivity index (χ1) is 10.1. The second-order valence-corrected chi connectivity index (χ2v) is 5.56. The molecule has 0 radical (unpaired) electrons. The lowest BCUT2D eigenvalue weighted by Gasteiger charge is -2.34. The highest BCUT2D eigenvalue weighted by Gasteiger charge is 2.45. The molecular weight excluding hydrogens is 277 g/mol. The summed E-state index contributed by atoms with van der Waals surface area (Å²) in [6.45, 7) is 0. The summed E-state index contributed by atoms with van der Waals surface area (Å²) in [5.41, 5.74) is 1.42. The first-order valence-corrected chi connectivity index (χ1v) is 7.23. The maximum atomic E-state index is 13.2. The lowest BCUT2D eigenvalue weighted by Crippen LogP contribution is -2.41. The number of benzene rings is 1. The second-order valence-electron chi connectivity index (χ2n) is 5.56. The van der Waals surface area contributed by atoms with Gasteiger partial charge in [0.2, 0.25) is 0 Å². The Balaban J connectivity index is 1.90. The van der Waals surface area contributed by atoms with Gasteiger partial charge in [-0.1, -0.05) is 31.0 Å². The van der Waals surface area contributed by atoms with E-state index in [0.29, 0.717) is 18.5 Å². The SMILES string of the molecule is FC(F)(F)C1CCCCC1Nc1cccc2cccnc12. The number of hydrogen-bond donors (Lipinski definition) is 1. The standard InChI is InChI=1S/C16H17F3N2/c17-16(18,19)12-7-1-2-8-13(12)21-14-9-3-5-11-6-4-10-20-15(11)14/h3-6,9-10,12-13,21H,1-2,7-8H2. The first-order valence-electron chi connectivity index (χ1n) is 7.23. The van der Waals surface area contributed by atoms with E-state index in [1.165, 1.54) is 0 Å². The van der Waals surface area contributed by atoms with E-state index in [-0.39, 0.29) is 6.42 Å². The van der Waals surface area contributed by atoms with Gasteiger partial charge < -0.3 is 5.32 Å². The largest absolute Gasteiger partial charge is 0.393 e. The van der Waals surface area contributed by atoms with Crippen molar-refractivity contribution < 1.29 is 13.2 Å². The van der Waals surface area contributed by atoms with Crippen LogP contribution in [0.2, 0.25) is 0 Å². The van der Waals surface area contributed by atoms with Crippen molar-refractivity contribution in [1.82, 2.24) is 4.98 Å². The Morgan fingerprint density at radius 1 is 1.05 bits per heavy atom. The van der Waals surface area contributed by atoms with Crippen LogP contribution in [0.5, 0.6) is 0 Å². The molecule has 2 atom stereocenters. The van der Waals surface area contributed by atoms with Crippen molar-refractivity contribution in [2.75, 3.05) is 5.32 Å². The minimum absolute atomic E-state index is 0.208. The van der Waals surface area contributed by atoms with Crippen LogP contribution in [0, 0.1) is 5.92 Å². The van der Waals surface area contributed by atoms with Gasteiger partial charge in [0.25, 0.3) is 0 Å². The number of halogens is 3. The monoisotopic (exact) mass is 294 g/mol. The molecule has 3 rings (SSSR count). The quantitative estimate of drug-likeness (QED) is 0.863. The smallest absolute Gasteiger partial charge is 0.380 e. The molecule has 1 saturated carbocycles. The molecule has 1 aliphatic carbocycles. The van der Waals surface area contributed by atoms with Crippen molar-refractivity contribution in [2.24, 2.45) is 5.92 Å². The fourth-order valence-corrected chi connectivity index (χ4v) is 3.12. The van der Waals surface area contributed by atoms with E-state index in [4.69, 9.17) is 0 Å². The fourth-order valence-electron chi connectivity index (χ4n) is 3.12. The van der Waals surface area contributed by atoms with Crippen LogP contribution in [0.25, 0.3) is 10.9 Å². The molecule has 1 heterocycles. The summed E-state index contributed by atoms with van der Waals surface area (Å²) < 4.78 is 39.5. The van der Waals surface area contributed by atoms with Crippen molar-refractivity contribution in [3.8, 4) is 0 Å². The normalized spacial score (nSPS) is 23.2. The van der Waals surface area contributed by atoms with Gasteiger partial charge >= 0.3 is 6.18 Å². The third-order valence-corrected chi connectivity index (χ3v) is 4.16. The highest BCUT2D eigenvalue weighted by Crippen LogP contribution is 2.39. The van der Waals surface area contributed by atoms with Crippen molar-refractivity contribution in [3.05, 3.63) is 36.5 Å². The molecule has 21 heavy (non-hydrogen) atoms. The van der Waals surface area contributed by atoms with Gasteiger partial charge in [-0.2, -0.15) is 13.2 Å². The average Bonchev–Trinajstić information content (AvgIpc) is 2.47. The Kier molecular flexibility index (Phi) is 3.74. The van der Waals surface area contributed by atoms with E-state index in [1.54, 1.807) is 12.3 Å². The molecule has 2 aromatic rings. The number of para-hydroxylation sites is 1. The number of alkyl halides is 3. The van der Waals surface area contributed by atoms with Crippen LogP contribution in [-0.4, -0.2) is 17.2 Å². The molecule has 2 unspecified atom stereocenters. The minimum Gasteiger partial charge on any atom is -0.380 e. The molecule has 1 aliphatic rings. The van der Waals surface area contributed by atoms with Crippen LogP contribution in [0.3, 0.4) is 0 Å². The second kappa shape index (κ2) is 5.54. The highest BCUT2D eigenvalue weighted by atomic mass is 19.4. The van der Waals surface area contributed by atoms with Gasteiger partial charge in [0.1, 0.15) is 0 Å². The molecule has 112 valence electrons. The summed E-state index contributed by atoms with van der Waals surface area (Å²) in [7, 11) is 0. The molecule has 0 amide bonds. The van der Waals surface area contributed by atoms with Gasteiger partial charge in [-0.15, -0.1) is 0 Å². The molecule has 0 spiro atoms. The topological polar surface area (TPSA) is 24.9 Å². The third kappa shape index (κ3) is 2.96. The average molecular weight is 294 g/mol. The summed E-state index contributed by atoms with van der Waals surface area (Å²) in [6, 6.07) is 8.73. The number of rotatable bonds is 2. The number of nitrogens with zero attached hydrogens (tertiary/aromatic N) is 1. The highest BCUT2D eigenvalue weighted by molar-refractivity contribution is 5.90. The van der Waals surface area contributed by atoms with Crippen LogP contribution < -0.4 is 5.32 Å². The summed E-state index contributed by atoms with van der Waals surface area (Å²) in [5.74, 6) is -1.27. The van der Waals surface area contributed by atoms with Crippen LogP contribution in [0.1, 0.15) is 25.7 Å². The van der Waals surface area contributed by atoms with Crippen molar-refractivity contribution in [2.45, 2.75) is 37.9 Å². The zero-order valence-electron chi connectivity index (χ0n) is 11.5. The Morgan fingerprint density at radius 3 is 2.62 bits per heavy atom. The number of anilines is 1. The molecule has 1 fully saturated rings. The fraction of sp³-hybridized carbons (Fsp3) is 0.438. The maximum Gasteiger partial charge on any atom is 0.393 e. The van der Waals surface area contributed by atoms with Gasteiger partial charge in [-0.3, -0.25) is 4.98 Å². The molecule has 1 aromatic heterocycles. The van der Waals surface area contributed by atoms with Crippen molar-refractivity contribution in [3.63, 3.8) is 0 Å². The molecule has 0 bridgehead atoms. The van der Waals surface area contributed by atoms with Gasteiger partial charge in [-0.05, 0) is 25.0 Å². The number of hydrogen-bond acceptors (Lipinski definition) is 2. The summed E-state index contributed by atoms with van der Waals surface area (Å²) >= 11 is 0. The number of fused-ring (bicyclic) bond motifs is 1. The van der Waals surface area contributed by atoms with Gasteiger partial charge in [0.05, 0.1) is 17.1 Å². The van der Waals surface area contributed by atoms with Crippen LogP contribution >= 0.6 is 0 Å². The van der Waals surface area contributed by atoms with Crippen LogP contribution in [0.4, 0.5) is 18.9 Å². The van der Waals surface area contributed by atoms with E-state index in [2.05, 4.69) is 10.3 Å². The first kappa shape index (κ1) is 14.2. The van der Waals surface area contributed by atoms with Crippen molar-refractivity contribution in [1.29, 1.82) is 0 Å². The predicted octanol–water partition coefficient (Wildman–Crippen LogP) is 4.77. The predicted molar refractivity (Wildman–Crippen MR) is 77.2 cm³/mol. The lowest BCUT2D eigenvalue weighted by atomic mass is 9.84. The summed E-state index contributed by atoms with van der Waals surface area (Å²) in [5, 5.41) is 4.03. The van der Waals surface area contributed by atoms with E-state index in [1.807, 2.05) is 24.3 Å². The number of pyridine rings is 1. The molecular formula is C16H17F3N2.